The topological polar surface area (TPSA) is 89.0 Å². The number of carbonyl (C=O) groups is 1. The maximum atomic E-state index is 12.8. The van der Waals surface area contributed by atoms with Crippen molar-refractivity contribution in [1.29, 1.82) is 5.26 Å². The van der Waals surface area contributed by atoms with Crippen LogP contribution in [-0.2, 0) is 11.3 Å². The first kappa shape index (κ1) is 17.4. The van der Waals surface area contributed by atoms with Crippen LogP contribution in [0.3, 0.4) is 0 Å². The molecule has 2 aromatic heterocycles. The number of hydrogen-bond donors (Lipinski definition) is 0. The van der Waals surface area contributed by atoms with E-state index in [1.165, 1.54) is 0 Å². The highest BCUT2D eigenvalue weighted by atomic mass is 16.5. The Labute approximate surface area is 161 Å². The van der Waals surface area contributed by atoms with E-state index in [0.29, 0.717) is 27.9 Å². The number of pyridine rings is 1. The van der Waals surface area contributed by atoms with Gasteiger partial charge < -0.3 is 9.26 Å². The molecular weight excluding hydrogens is 354 g/mol. The SMILES string of the molecule is Cc1noc2nc(-c3ccccc3)cc(C(=O)OCc3cccc(C#N)c3)c12. The first-order valence-corrected chi connectivity index (χ1v) is 8.64. The number of rotatable bonds is 4. The summed E-state index contributed by atoms with van der Waals surface area (Å²) in [4.78, 5) is 17.3. The molecular formula is C22H15N3O3. The lowest BCUT2D eigenvalue weighted by atomic mass is 10.1. The summed E-state index contributed by atoms with van der Waals surface area (Å²) in [5.74, 6) is -0.502. The highest BCUT2D eigenvalue weighted by Crippen LogP contribution is 2.27. The molecule has 4 rings (SSSR count). The number of hydrogen-bond acceptors (Lipinski definition) is 6. The average Bonchev–Trinajstić information content (AvgIpc) is 3.13. The van der Waals surface area contributed by atoms with Gasteiger partial charge in [-0.05, 0) is 30.7 Å². The third kappa shape index (κ3) is 3.33. The van der Waals surface area contributed by atoms with E-state index >= 15 is 0 Å². The van der Waals surface area contributed by atoms with Crippen LogP contribution < -0.4 is 0 Å². The molecule has 0 saturated carbocycles. The summed E-state index contributed by atoms with van der Waals surface area (Å²) in [5, 5.41) is 13.5. The Balaban J connectivity index is 1.69. The van der Waals surface area contributed by atoms with Gasteiger partial charge in [-0.1, -0.05) is 47.6 Å². The molecule has 136 valence electrons. The Morgan fingerprint density at radius 3 is 2.75 bits per heavy atom. The van der Waals surface area contributed by atoms with E-state index in [4.69, 9.17) is 14.5 Å². The third-order valence-corrected chi connectivity index (χ3v) is 4.33. The second kappa shape index (κ2) is 7.33. The molecule has 0 bridgehead atoms. The van der Waals surface area contributed by atoms with Crippen molar-refractivity contribution in [3.63, 3.8) is 0 Å². The zero-order valence-electron chi connectivity index (χ0n) is 15.0. The number of ether oxygens (including phenoxy) is 1. The molecule has 2 heterocycles. The quantitative estimate of drug-likeness (QED) is 0.495. The zero-order chi connectivity index (χ0) is 19.5. The van der Waals surface area contributed by atoms with Crippen molar-refractivity contribution in [2.45, 2.75) is 13.5 Å². The maximum Gasteiger partial charge on any atom is 0.339 e. The van der Waals surface area contributed by atoms with Gasteiger partial charge in [0.2, 0.25) is 0 Å². The van der Waals surface area contributed by atoms with Crippen molar-refractivity contribution in [3.8, 4) is 17.3 Å². The van der Waals surface area contributed by atoms with Gasteiger partial charge in [0.1, 0.15) is 6.61 Å². The summed E-state index contributed by atoms with van der Waals surface area (Å²) in [5.41, 5.74) is 3.91. The summed E-state index contributed by atoms with van der Waals surface area (Å²) in [7, 11) is 0. The van der Waals surface area contributed by atoms with Gasteiger partial charge in [-0.2, -0.15) is 5.26 Å². The number of aromatic nitrogens is 2. The van der Waals surface area contributed by atoms with E-state index in [2.05, 4.69) is 16.2 Å². The third-order valence-electron chi connectivity index (χ3n) is 4.33. The Bertz CT molecular complexity index is 1210. The maximum absolute atomic E-state index is 12.8. The molecule has 0 saturated heterocycles. The number of nitriles is 1. The molecule has 0 aliphatic rings. The smallest absolute Gasteiger partial charge is 0.339 e. The van der Waals surface area contributed by atoms with Crippen LogP contribution in [0.15, 0.2) is 65.2 Å². The molecule has 6 heteroatoms. The van der Waals surface area contributed by atoms with Gasteiger partial charge in [-0.15, -0.1) is 0 Å². The van der Waals surface area contributed by atoms with Gasteiger partial charge in [0.25, 0.3) is 5.71 Å². The Hall–Kier alpha value is -3.98. The summed E-state index contributed by atoms with van der Waals surface area (Å²) in [6.45, 7) is 1.81. The van der Waals surface area contributed by atoms with Gasteiger partial charge in [-0.25, -0.2) is 9.78 Å². The first-order chi connectivity index (χ1) is 13.7. The second-order valence-electron chi connectivity index (χ2n) is 6.26. The van der Waals surface area contributed by atoms with E-state index in [1.54, 1.807) is 37.3 Å². The summed E-state index contributed by atoms with van der Waals surface area (Å²) >= 11 is 0. The van der Waals surface area contributed by atoms with Crippen LogP contribution in [0.2, 0.25) is 0 Å². The lowest BCUT2D eigenvalue weighted by Crippen LogP contribution is -2.07. The molecule has 6 nitrogen and oxygen atoms in total. The highest BCUT2D eigenvalue weighted by molar-refractivity contribution is 6.04. The fraction of sp³-hybridized carbons (Fsp3) is 0.0909. The Morgan fingerprint density at radius 1 is 1.14 bits per heavy atom. The largest absolute Gasteiger partial charge is 0.457 e. The molecule has 0 radical (unpaired) electrons. The molecule has 0 fully saturated rings. The van der Waals surface area contributed by atoms with Gasteiger partial charge in [0, 0.05) is 5.56 Å². The number of benzene rings is 2. The predicted molar refractivity (Wildman–Crippen MR) is 102 cm³/mol. The van der Waals surface area contributed by atoms with Gasteiger partial charge >= 0.3 is 5.97 Å². The predicted octanol–water partition coefficient (Wildman–Crippen LogP) is 4.43. The van der Waals surface area contributed by atoms with Crippen LogP contribution in [0.25, 0.3) is 22.4 Å². The van der Waals surface area contributed by atoms with E-state index in [9.17, 15) is 4.79 Å². The number of fused-ring (bicyclic) bond motifs is 1. The van der Waals surface area contributed by atoms with Crippen LogP contribution >= 0.6 is 0 Å². The number of aryl methyl sites for hydroxylation is 1. The minimum atomic E-state index is -0.502. The number of carbonyl (C=O) groups excluding carboxylic acids is 1. The molecule has 0 N–H and O–H groups in total. The molecule has 28 heavy (non-hydrogen) atoms. The van der Waals surface area contributed by atoms with E-state index < -0.39 is 5.97 Å². The van der Waals surface area contributed by atoms with E-state index in [-0.39, 0.29) is 12.3 Å². The summed E-state index contributed by atoms with van der Waals surface area (Å²) < 4.78 is 10.8. The number of esters is 1. The van der Waals surface area contributed by atoms with Crippen molar-refractivity contribution in [3.05, 3.63) is 83.0 Å². The average molecular weight is 369 g/mol. The van der Waals surface area contributed by atoms with E-state index in [1.807, 2.05) is 30.3 Å². The van der Waals surface area contributed by atoms with Crippen LogP contribution in [0, 0.1) is 18.3 Å². The first-order valence-electron chi connectivity index (χ1n) is 8.64. The van der Waals surface area contributed by atoms with Crippen molar-refractivity contribution in [2.75, 3.05) is 0 Å². The highest BCUT2D eigenvalue weighted by Gasteiger charge is 2.20. The fourth-order valence-corrected chi connectivity index (χ4v) is 2.97. The standard InChI is InChI=1S/C22H15N3O3/c1-14-20-18(22(26)27-13-16-7-5-6-15(10-16)12-23)11-19(24-21(20)28-25-14)17-8-3-2-4-9-17/h2-11H,13H2,1H3. The molecule has 0 aliphatic carbocycles. The Kier molecular flexibility index (Phi) is 4.56. The molecule has 0 aliphatic heterocycles. The van der Waals surface area contributed by atoms with Crippen molar-refractivity contribution in [2.24, 2.45) is 0 Å². The second-order valence-corrected chi connectivity index (χ2v) is 6.26. The van der Waals surface area contributed by atoms with Crippen molar-refractivity contribution < 1.29 is 14.1 Å². The van der Waals surface area contributed by atoms with Crippen LogP contribution in [0.5, 0.6) is 0 Å². The van der Waals surface area contributed by atoms with E-state index in [0.717, 1.165) is 11.1 Å². The minimum Gasteiger partial charge on any atom is -0.457 e. The van der Waals surface area contributed by atoms with Crippen LogP contribution in [-0.4, -0.2) is 16.1 Å². The molecule has 4 aromatic rings. The molecule has 0 amide bonds. The molecule has 0 atom stereocenters. The lowest BCUT2D eigenvalue weighted by molar-refractivity contribution is 0.0475. The van der Waals surface area contributed by atoms with Gasteiger partial charge in [0.05, 0.1) is 34.0 Å². The number of nitrogens with zero attached hydrogens (tertiary/aromatic N) is 3. The summed E-state index contributed by atoms with van der Waals surface area (Å²) in [6.07, 6.45) is 0. The monoisotopic (exact) mass is 369 g/mol. The van der Waals surface area contributed by atoms with Crippen molar-refractivity contribution >= 4 is 17.1 Å². The molecule has 0 spiro atoms. The normalized spacial score (nSPS) is 10.6. The summed E-state index contributed by atoms with van der Waals surface area (Å²) in [6, 6.07) is 20.2. The lowest BCUT2D eigenvalue weighted by Gasteiger charge is -2.08. The molecule has 0 unspecified atom stereocenters. The van der Waals surface area contributed by atoms with Crippen molar-refractivity contribution in [1.82, 2.24) is 10.1 Å². The zero-order valence-corrected chi connectivity index (χ0v) is 15.0. The van der Waals surface area contributed by atoms with Crippen LogP contribution in [0.4, 0.5) is 0 Å². The van der Waals surface area contributed by atoms with Gasteiger partial charge in [-0.3, -0.25) is 0 Å². The van der Waals surface area contributed by atoms with Gasteiger partial charge in [0.15, 0.2) is 0 Å². The Morgan fingerprint density at radius 2 is 1.96 bits per heavy atom. The fourth-order valence-electron chi connectivity index (χ4n) is 2.97. The molecule has 2 aromatic carbocycles. The minimum absolute atomic E-state index is 0.0587. The van der Waals surface area contributed by atoms with Crippen LogP contribution in [0.1, 0.15) is 27.2 Å².